The molecule has 0 aromatic rings. The van der Waals surface area contributed by atoms with Crippen LogP contribution in [-0.2, 0) is 32.7 Å². The normalized spacial score (nSPS) is 22.8. The second kappa shape index (κ2) is 35.4. The Hall–Kier alpha value is -2.19. The van der Waals surface area contributed by atoms with E-state index in [0.29, 0.717) is 12.8 Å². The summed E-state index contributed by atoms with van der Waals surface area (Å²) in [4.78, 5) is 35.7. The zero-order valence-electron chi connectivity index (χ0n) is 36.0. The van der Waals surface area contributed by atoms with Crippen LogP contribution in [0.1, 0.15) is 168 Å². The number of phosphoric ester groups is 1. The number of carbonyl (C=O) groups is 2. The number of carbonyl (C=O) groups excluding carboxylic acids is 2. The molecule has 13 nitrogen and oxygen atoms in total. The number of esters is 2. The van der Waals surface area contributed by atoms with Crippen LogP contribution in [0.3, 0.4) is 0 Å². The minimum absolute atomic E-state index is 0.0864. The first-order valence-electron chi connectivity index (χ1n) is 22.4. The highest BCUT2D eigenvalue weighted by atomic mass is 31.2. The van der Waals surface area contributed by atoms with Crippen LogP contribution in [0.25, 0.3) is 0 Å². The summed E-state index contributed by atoms with van der Waals surface area (Å²) in [7, 11) is -5.12. The minimum atomic E-state index is -5.12. The fourth-order valence-corrected chi connectivity index (χ4v) is 7.50. The fourth-order valence-electron chi connectivity index (χ4n) is 6.53. The molecule has 0 bridgehead atoms. The third-order valence-corrected chi connectivity index (χ3v) is 11.1. The highest BCUT2D eigenvalue weighted by Gasteiger charge is 2.51. The molecule has 1 aliphatic carbocycles. The van der Waals surface area contributed by atoms with Gasteiger partial charge in [-0.3, -0.25) is 18.6 Å². The largest absolute Gasteiger partial charge is 0.472 e. The highest BCUT2D eigenvalue weighted by Crippen LogP contribution is 2.47. The monoisotopic (exact) mass is 859 g/mol. The Morgan fingerprint density at radius 3 is 1.49 bits per heavy atom. The molecule has 59 heavy (non-hydrogen) atoms. The second-order valence-corrected chi connectivity index (χ2v) is 16.9. The predicted molar refractivity (Wildman–Crippen MR) is 230 cm³/mol. The standard InChI is InChI=1S/C45H79O13P/c1-3-5-7-9-11-13-15-17-19-21-23-25-27-29-31-33-38(46)55-35-37(36-56-59(53,54)58-45-43(51)41(49)40(48)42(50)44(45)52)57-39(47)34-32-30-28-26-24-22-20-18-16-14-12-10-8-6-4-2/h5,7,11,13-14,16-17,19,37,40-45,48-52H,3-4,6,8-10,12,15,18,20-36H2,1-2H3,(H,53,54)/t37-,40?,41-,42?,43?,44?,45?/m1/s1. The zero-order chi connectivity index (χ0) is 43.6. The van der Waals surface area contributed by atoms with Crippen molar-refractivity contribution in [2.45, 2.75) is 211 Å². The van der Waals surface area contributed by atoms with Crippen LogP contribution in [0.5, 0.6) is 0 Å². The van der Waals surface area contributed by atoms with Crippen LogP contribution < -0.4 is 0 Å². The van der Waals surface area contributed by atoms with E-state index in [4.69, 9.17) is 18.5 Å². The van der Waals surface area contributed by atoms with Gasteiger partial charge in [-0.2, -0.15) is 0 Å². The second-order valence-electron chi connectivity index (χ2n) is 15.5. The van der Waals surface area contributed by atoms with Crippen molar-refractivity contribution in [3.8, 4) is 0 Å². The van der Waals surface area contributed by atoms with E-state index in [-0.39, 0.29) is 12.8 Å². The van der Waals surface area contributed by atoms with Crippen molar-refractivity contribution in [1.82, 2.24) is 0 Å². The Bertz CT molecular complexity index is 1220. The van der Waals surface area contributed by atoms with Gasteiger partial charge in [0, 0.05) is 12.8 Å². The molecule has 1 fully saturated rings. The van der Waals surface area contributed by atoms with Gasteiger partial charge in [-0.05, 0) is 70.6 Å². The number of ether oxygens (including phenoxy) is 2. The molecule has 1 saturated carbocycles. The van der Waals surface area contributed by atoms with Crippen LogP contribution in [0.15, 0.2) is 48.6 Å². The smallest absolute Gasteiger partial charge is 0.462 e. The maximum Gasteiger partial charge on any atom is 0.472 e. The molecule has 6 N–H and O–H groups in total. The molecule has 0 amide bonds. The molecule has 0 aliphatic heterocycles. The molecule has 0 aromatic heterocycles. The summed E-state index contributed by atoms with van der Waals surface area (Å²) < 4.78 is 33.5. The van der Waals surface area contributed by atoms with E-state index in [0.717, 1.165) is 96.3 Å². The summed E-state index contributed by atoms with van der Waals surface area (Å²) in [5.74, 6) is -1.13. The van der Waals surface area contributed by atoms with E-state index in [1.54, 1.807) is 0 Å². The molecular formula is C45H79O13P. The molecule has 0 spiro atoms. The van der Waals surface area contributed by atoms with Gasteiger partial charge in [0.25, 0.3) is 0 Å². The van der Waals surface area contributed by atoms with Crippen molar-refractivity contribution in [3.05, 3.63) is 48.6 Å². The van der Waals surface area contributed by atoms with Gasteiger partial charge in [0.2, 0.25) is 0 Å². The van der Waals surface area contributed by atoms with E-state index >= 15 is 0 Å². The van der Waals surface area contributed by atoms with Gasteiger partial charge >= 0.3 is 19.8 Å². The van der Waals surface area contributed by atoms with Gasteiger partial charge in [0.15, 0.2) is 6.10 Å². The first kappa shape index (κ1) is 54.8. The quantitative estimate of drug-likeness (QED) is 0.0152. The van der Waals surface area contributed by atoms with E-state index in [1.807, 2.05) is 0 Å². The third kappa shape index (κ3) is 28.1. The van der Waals surface area contributed by atoms with Crippen LogP contribution >= 0.6 is 7.82 Å². The molecule has 0 heterocycles. The van der Waals surface area contributed by atoms with Gasteiger partial charge in [0.1, 0.15) is 43.2 Å². The number of aliphatic hydroxyl groups excluding tert-OH is 5. The van der Waals surface area contributed by atoms with Crippen molar-refractivity contribution < 1.29 is 63.1 Å². The minimum Gasteiger partial charge on any atom is -0.462 e. The molecule has 0 aromatic carbocycles. The first-order chi connectivity index (χ1) is 28.4. The van der Waals surface area contributed by atoms with Crippen LogP contribution in [-0.4, -0.2) is 98.3 Å². The SMILES string of the molecule is CCC=CCC=CCC=CCCCCCCCC(=O)OC[C@H](COP(=O)(O)OC1C(O)C(O)C(O)[C@@H](O)C1O)OC(=O)CCCCCCCCCC=CCCCCCC. The van der Waals surface area contributed by atoms with Crippen LogP contribution in [0, 0.1) is 0 Å². The van der Waals surface area contributed by atoms with Gasteiger partial charge in [-0.15, -0.1) is 0 Å². The molecule has 1 aliphatic rings. The average molecular weight is 859 g/mol. The lowest BCUT2D eigenvalue weighted by Gasteiger charge is -2.41. The number of hydrogen-bond donors (Lipinski definition) is 6. The molecule has 6 unspecified atom stereocenters. The highest BCUT2D eigenvalue weighted by molar-refractivity contribution is 7.47. The number of hydrogen-bond acceptors (Lipinski definition) is 12. The lowest BCUT2D eigenvalue weighted by molar-refractivity contribution is -0.220. The lowest BCUT2D eigenvalue weighted by atomic mass is 9.85. The summed E-state index contributed by atoms with van der Waals surface area (Å²) in [5.41, 5.74) is 0. The van der Waals surface area contributed by atoms with Crippen LogP contribution in [0.4, 0.5) is 0 Å². The maximum atomic E-state index is 12.8. The van der Waals surface area contributed by atoms with Crippen molar-refractivity contribution >= 4 is 19.8 Å². The molecule has 1 rings (SSSR count). The summed E-state index contributed by atoms with van der Waals surface area (Å²) in [6.07, 6.45) is 27.4. The van der Waals surface area contributed by atoms with Gasteiger partial charge in [-0.1, -0.05) is 133 Å². The van der Waals surface area contributed by atoms with Crippen molar-refractivity contribution in [1.29, 1.82) is 0 Å². The maximum absolute atomic E-state index is 12.8. The molecule has 0 saturated heterocycles. The van der Waals surface area contributed by atoms with Crippen molar-refractivity contribution in [3.63, 3.8) is 0 Å². The Morgan fingerprint density at radius 1 is 0.542 bits per heavy atom. The van der Waals surface area contributed by atoms with Crippen LogP contribution in [0.2, 0.25) is 0 Å². The summed E-state index contributed by atoms with van der Waals surface area (Å²) in [6.45, 7) is 3.15. The number of phosphoric acid groups is 1. The molecule has 8 atom stereocenters. The van der Waals surface area contributed by atoms with E-state index in [2.05, 4.69) is 62.5 Å². The topological polar surface area (TPSA) is 210 Å². The first-order valence-corrected chi connectivity index (χ1v) is 23.9. The number of unbranched alkanes of at least 4 members (excludes halogenated alkanes) is 16. The number of allylic oxidation sites excluding steroid dienone is 8. The zero-order valence-corrected chi connectivity index (χ0v) is 36.9. The van der Waals surface area contributed by atoms with E-state index in [1.165, 1.54) is 32.1 Å². The van der Waals surface area contributed by atoms with E-state index in [9.17, 15) is 44.6 Å². The summed E-state index contributed by atoms with van der Waals surface area (Å²) in [5, 5.41) is 50.1. The number of aliphatic hydroxyl groups is 5. The predicted octanol–water partition coefficient (Wildman–Crippen LogP) is 8.39. The summed E-state index contributed by atoms with van der Waals surface area (Å²) in [6, 6.07) is 0. The van der Waals surface area contributed by atoms with Gasteiger partial charge in [-0.25, -0.2) is 4.57 Å². The fraction of sp³-hybridized carbons (Fsp3) is 0.778. The lowest BCUT2D eigenvalue weighted by Crippen LogP contribution is -2.64. The Morgan fingerprint density at radius 2 is 0.966 bits per heavy atom. The molecule has 14 heteroatoms. The Labute approximate surface area is 354 Å². The van der Waals surface area contributed by atoms with Gasteiger partial charge < -0.3 is 39.9 Å². The van der Waals surface area contributed by atoms with Gasteiger partial charge in [0.05, 0.1) is 6.61 Å². The average Bonchev–Trinajstić information content (AvgIpc) is 3.21. The Balaban J connectivity index is 2.49. The van der Waals surface area contributed by atoms with E-state index < -0.39 is 75.7 Å². The Kier molecular flexibility index (Phi) is 32.9. The number of rotatable bonds is 36. The molecule has 342 valence electrons. The van der Waals surface area contributed by atoms with Crippen molar-refractivity contribution in [2.24, 2.45) is 0 Å². The van der Waals surface area contributed by atoms with Crippen molar-refractivity contribution in [2.75, 3.05) is 13.2 Å². The molecule has 0 radical (unpaired) electrons. The summed E-state index contributed by atoms with van der Waals surface area (Å²) >= 11 is 0. The molecular weight excluding hydrogens is 779 g/mol. The third-order valence-electron chi connectivity index (χ3n) is 10.2.